The zero-order chi connectivity index (χ0) is 23.7. The third-order valence-electron chi connectivity index (χ3n) is 8.65. The fraction of sp³-hybridized carbons (Fsp3) is 0.769. The Morgan fingerprint density at radius 2 is 1.47 bits per heavy atom. The maximum Gasteiger partial charge on any atom is 0.211 e. The molecular weight excluding hydrogens is 438 g/mol. The highest BCUT2D eigenvalue weighted by molar-refractivity contribution is 5.65. The van der Waals surface area contributed by atoms with Crippen molar-refractivity contribution < 1.29 is 33.5 Å². The monoisotopic (exact) mass is 475 g/mol. The molecular formula is C26H37NO7. The normalized spacial score (nSPS) is 38.0. The molecule has 0 amide bonds. The van der Waals surface area contributed by atoms with Gasteiger partial charge in [-0.05, 0) is 24.7 Å². The summed E-state index contributed by atoms with van der Waals surface area (Å²) in [6, 6.07) is 0. The van der Waals surface area contributed by atoms with Crippen LogP contribution in [-0.2, 0) is 33.6 Å². The number of aliphatic hydroxyl groups excluding tert-OH is 1. The van der Waals surface area contributed by atoms with Gasteiger partial charge in [-0.1, -0.05) is 13.8 Å². The van der Waals surface area contributed by atoms with E-state index in [-0.39, 0.29) is 12.5 Å². The van der Waals surface area contributed by atoms with Crippen molar-refractivity contribution in [1.29, 1.82) is 0 Å². The van der Waals surface area contributed by atoms with Crippen molar-refractivity contribution >= 4 is 0 Å². The molecule has 8 heteroatoms. The summed E-state index contributed by atoms with van der Waals surface area (Å²) in [5, 5.41) is 8.99. The second-order valence-electron chi connectivity index (χ2n) is 11.0. The highest BCUT2D eigenvalue weighted by Crippen LogP contribution is 2.58. The van der Waals surface area contributed by atoms with Crippen molar-refractivity contribution in [3.8, 4) is 17.2 Å². The van der Waals surface area contributed by atoms with Gasteiger partial charge in [-0.3, -0.25) is 4.90 Å². The molecule has 6 rings (SSSR count). The molecule has 2 saturated heterocycles. The molecule has 0 bridgehead atoms. The Balaban J connectivity index is 1.41. The number of hydrogen-bond donors (Lipinski definition) is 1. The van der Waals surface area contributed by atoms with Gasteiger partial charge in [0.05, 0.1) is 38.6 Å². The van der Waals surface area contributed by atoms with Gasteiger partial charge in [-0.15, -0.1) is 0 Å². The van der Waals surface area contributed by atoms with E-state index in [9.17, 15) is 0 Å². The quantitative estimate of drug-likeness (QED) is 0.652. The second kappa shape index (κ2) is 8.23. The van der Waals surface area contributed by atoms with Crippen molar-refractivity contribution in [3.63, 3.8) is 0 Å². The molecule has 0 radical (unpaired) electrons. The molecule has 2 fully saturated rings. The van der Waals surface area contributed by atoms with E-state index in [2.05, 4.69) is 32.6 Å². The molecule has 0 aliphatic carbocycles. The average molecular weight is 476 g/mol. The molecule has 1 aromatic carbocycles. The van der Waals surface area contributed by atoms with Crippen LogP contribution < -0.4 is 14.2 Å². The molecule has 1 aromatic rings. The minimum Gasteiger partial charge on any atom is -0.477 e. The Morgan fingerprint density at radius 1 is 0.882 bits per heavy atom. The molecule has 0 spiro atoms. The summed E-state index contributed by atoms with van der Waals surface area (Å²) in [6.07, 6.45) is 1.74. The highest BCUT2D eigenvalue weighted by atomic mass is 16.7. The van der Waals surface area contributed by atoms with Gasteiger partial charge < -0.3 is 33.5 Å². The minimum absolute atomic E-state index is 0.0349. The van der Waals surface area contributed by atoms with E-state index in [1.54, 1.807) is 0 Å². The van der Waals surface area contributed by atoms with E-state index in [4.69, 9.17) is 33.5 Å². The Kier molecular flexibility index (Phi) is 5.54. The average Bonchev–Trinajstić information content (AvgIpc) is 3.29. The van der Waals surface area contributed by atoms with Crippen molar-refractivity contribution in [2.24, 2.45) is 23.7 Å². The molecule has 0 unspecified atom stereocenters. The standard InChI is InChI=1S/C26H37NO7/c1-15-12-31-25(3)20(15)9-17-22-19(11-27(14-30-22)5-7-29-8-6-28)24-18(23(17)33-25)10-21-16(2)13-32-26(21,4)34-24/h15-16,20-21,28H,5-14H2,1-4H3/t15-,16-,20+,21+,25+,26+/m0/s1. The summed E-state index contributed by atoms with van der Waals surface area (Å²) < 4.78 is 37.7. The Bertz CT molecular complexity index is 969. The molecule has 5 aliphatic rings. The third-order valence-corrected chi connectivity index (χ3v) is 8.65. The van der Waals surface area contributed by atoms with Gasteiger partial charge >= 0.3 is 0 Å². The van der Waals surface area contributed by atoms with Crippen LogP contribution in [0.1, 0.15) is 44.4 Å². The van der Waals surface area contributed by atoms with Crippen LogP contribution in [0.3, 0.4) is 0 Å². The van der Waals surface area contributed by atoms with Gasteiger partial charge in [-0.25, -0.2) is 0 Å². The van der Waals surface area contributed by atoms with Crippen LogP contribution >= 0.6 is 0 Å². The van der Waals surface area contributed by atoms with Gasteiger partial charge in [0.2, 0.25) is 11.6 Å². The maximum absolute atomic E-state index is 8.99. The molecule has 34 heavy (non-hydrogen) atoms. The molecule has 188 valence electrons. The molecule has 8 nitrogen and oxygen atoms in total. The number of ether oxygens (including phenoxy) is 6. The number of aliphatic hydroxyl groups is 1. The zero-order valence-electron chi connectivity index (χ0n) is 20.7. The Labute approximate surface area is 201 Å². The van der Waals surface area contributed by atoms with E-state index >= 15 is 0 Å². The lowest BCUT2D eigenvalue weighted by atomic mass is 9.77. The third kappa shape index (κ3) is 3.45. The predicted molar refractivity (Wildman–Crippen MR) is 123 cm³/mol. The van der Waals surface area contributed by atoms with Crippen molar-refractivity contribution in [1.82, 2.24) is 4.90 Å². The summed E-state index contributed by atoms with van der Waals surface area (Å²) >= 11 is 0. The van der Waals surface area contributed by atoms with Crippen LogP contribution in [0, 0.1) is 23.7 Å². The summed E-state index contributed by atoms with van der Waals surface area (Å²) in [5.74, 6) is 2.82. The summed E-state index contributed by atoms with van der Waals surface area (Å²) in [7, 11) is 0. The van der Waals surface area contributed by atoms with E-state index in [1.165, 1.54) is 5.56 Å². The lowest BCUT2D eigenvalue weighted by Crippen LogP contribution is -2.48. The van der Waals surface area contributed by atoms with Gasteiger partial charge in [0.15, 0.2) is 0 Å². The Hall–Kier alpha value is -1.58. The summed E-state index contributed by atoms with van der Waals surface area (Å²) in [5.41, 5.74) is 3.39. The van der Waals surface area contributed by atoms with Crippen LogP contribution in [0.2, 0.25) is 0 Å². The van der Waals surface area contributed by atoms with Crippen LogP contribution in [0.15, 0.2) is 0 Å². The number of rotatable bonds is 5. The smallest absolute Gasteiger partial charge is 0.211 e. The Morgan fingerprint density at radius 3 is 2.09 bits per heavy atom. The summed E-state index contributed by atoms with van der Waals surface area (Å²) in [4.78, 5) is 2.22. The van der Waals surface area contributed by atoms with Crippen LogP contribution in [0.25, 0.3) is 0 Å². The van der Waals surface area contributed by atoms with Gasteiger partial charge in [0.1, 0.15) is 24.0 Å². The van der Waals surface area contributed by atoms with Gasteiger partial charge in [0.25, 0.3) is 0 Å². The lowest BCUT2D eigenvalue weighted by molar-refractivity contribution is -0.175. The van der Waals surface area contributed by atoms with Crippen molar-refractivity contribution in [2.45, 2.75) is 58.7 Å². The van der Waals surface area contributed by atoms with Gasteiger partial charge in [0, 0.05) is 49.9 Å². The van der Waals surface area contributed by atoms with E-state index in [0.717, 1.165) is 54.3 Å². The number of fused-ring (bicyclic) bond motifs is 8. The number of benzene rings is 1. The first-order chi connectivity index (χ1) is 16.3. The topological polar surface area (TPSA) is 78.9 Å². The molecule has 5 heterocycles. The van der Waals surface area contributed by atoms with E-state index in [0.29, 0.717) is 50.9 Å². The fourth-order valence-corrected chi connectivity index (χ4v) is 6.62. The first-order valence-corrected chi connectivity index (χ1v) is 12.7. The second-order valence-corrected chi connectivity index (χ2v) is 11.0. The fourth-order valence-electron chi connectivity index (χ4n) is 6.62. The van der Waals surface area contributed by atoms with E-state index < -0.39 is 11.6 Å². The van der Waals surface area contributed by atoms with Crippen LogP contribution in [0.5, 0.6) is 17.2 Å². The van der Waals surface area contributed by atoms with E-state index in [1.807, 2.05) is 0 Å². The molecule has 0 aromatic heterocycles. The first kappa shape index (κ1) is 22.9. The number of nitrogens with zero attached hydrogens (tertiary/aromatic N) is 1. The predicted octanol–water partition coefficient (Wildman–Crippen LogP) is 2.71. The lowest BCUT2D eigenvalue weighted by Gasteiger charge is -2.45. The highest BCUT2D eigenvalue weighted by Gasteiger charge is 2.55. The van der Waals surface area contributed by atoms with Crippen LogP contribution in [-0.4, -0.2) is 67.9 Å². The summed E-state index contributed by atoms with van der Waals surface area (Å²) in [6.45, 7) is 12.9. The molecule has 6 atom stereocenters. The number of hydrogen-bond acceptors (Lipinski definition) is 8. The SMILES string of the molecule is C[C@H]1CO[C@]2(C)Oc3c(c4c(c5c3C[C@@H]3[C@@H](C)CO[C@]3(C)O5)CN(CCOCCO)CO4)C[C@H]12. The zero-order valence-corrected chi connectivity index (χ0v) is 20.7. The van der Waals surface area contributed by atoms with Crippen molar-refractivity contribution in [3.05, 3.63) is 16.7 Å². The minimum atomic E-state index is -0.638. The molecule has 0 saturated carbocycles. The van der Waals surface area contributed by atoms with Crippen LogP contribution in [0.4, 0.5) is 0 Å². The molecule has 1 N–H and O–H groups in total. The largest absolute Gasteiger partial charge is 0.477 e. The van der Waals surface area contributed by atoms with Crippen molar-refractivity contribution in [2.75, 3.05) is 46.3 Å². The maximum atomic E-state index is 8.99. The molecule has 5 aliphatic heterocycles. The van der Waals surface area contributed by atoms with Gasteiger partial charge in [-0.2, -0.15) is 0 Å². The first-order valence-electron chi connectivity index (χ1n) is 12.7.